The predicted octanol–water partition coefficient (Wildman–Crippen LogP) is 2.71. The molecule has 1 amide bonds. The highest BCUT2D eigenvalue weighted by molar-refractivity contribution is 7.89. The molecule has 0 unspecified atom stereocenters. The minimum Gasteiger partial charge on any atom is -0.496 e. The van der Waals surface area contributed by atoms with Crippen LogP contribution in [0.1, 0.15) is 21.7 Å². The van der Waals surface area contributed by atoms with E-state index in [1.165, 1.54) is 51.9 Å². The van der Waals surface area contributed by atoms with Crippen LogP contribution in [0.4, 0.5) is 0 Å². The summed E-state index contributed by atoms with van der Waals surface area (Å²) in [6, 6.07) is 12.4. The number of furan rings is 1. The summed E-state index contributed by atoms with van der Waals surface area (Å²) in [4.78, 5) is 12.6. The summed E-state index contributed by atoms with van der Waals surface area (Å²) in [5.41, 5.74) is 1.01. The zero-order valence-corrected chi connectivity index (χ0v) is 18.7. The number of methoxy groups -OCH3 is 3. The maximum atomic E-state index is 12.6. The lowest BCUT2D eigenvalue weighted by Crippen LogP contribution is -2.24. The number of carbonyl (C=O) groups is 1. The normalized spacial score (nSPS) is 11.1. The second-order valence-electron chi connectivity index (χ2n) is 6.63. The number of rotatable bonds is 10. The van der Waals surface area contributed by atoms with Gasteiger partial charge in [0.05, 0.1) is 39.0 Å². The molecule has 1 heterocycles. The van der Waals surface area contributed by atoms with E-state index in [1.807, 2.05) is 0 Å². The van der Waals surface area contributed by atoms with Gasteiger partial charge in [-0.3, -0.25) is 4.79 Å². The number of sulfonamides is 1. The summed E-state index contributed by atoms with van der Waals surface area (Å²) >= 11 is 0. The Morgan fingerprint density at radius 2 is 1.56 bits per heavy atom. The molecule has 2 aromatic carbocycles. The standard InChI is InChI=1S/C22H24N2O7S/c1-28-19-12-21(30-3)20(29-2)11-16(19)13-23-22(25)15-6-8-18(9-7-15)32(26,27)24-14-17-5-4-10-31-17/h4-12,24H,13-14H2,1-3H3,(H,23,25). The number of ether oxygens (including phenoxy) is 3. The molecule has 0 aliphatic heterocycles. The SMILES string of the molecule is COc1cc(OC)c(OC)cc1CNC(=O)c1ccc(S(=O)(=O)NCc2ccco2)cc1. The third kappa shape index (κ3) is 5.40. The maximum Gasteiger partial charge on any atom is 0.251 e. The molecule has 0 bridgehead atoms. The van der Waals surface area contributed by atoms with Gasteiger partial charge in [0.2, 0.25) is 10.0 Å². The van der Waals surface area contributed by atoms with Gasteiger partial charge in [-0.25, -0.2) is 13.1 Å². The van der Waals surface area contributed by atoms with Gasteiger partial charge in [-0.2, -0.15) is 0 Å². The molecule has 2 N–H and O–H groups in total. The summed E-state index contributed by atoms with van der Waals surface area (Å²) in [6.45, 7) is 0.206. The molecule has 3 aromatic rings. The van der Waals surface area contributed by atoms with Crippen LogP contribution in [0.5, 0.6) is 17.2 Å². The molecule has 170 valence electrons. The quantitative estimate of drug-likeness (QED) is 0.478. The van der Waals surface area contributed by atoms with Crippen molar-refractivity contribution in [3.05, 3.63) is 71.7 Å². The average Bonchev–Trinajstić information content (AvgIpc) is 3.34. The fraction of sp³-hybridized carbons (Fsp3) is 0.227. The Hall–Kier alpha value is -3.50. The maximum absolute atomic E-state index is 12.6. The summed E-state index contributed by atoms with van der Waals surface area (Å²) in [5.74, 6) is 1.68. The first-order chi connectivity index (χ1) is 15.4. The van der Waals surface area contributed by atoms with E-state index < -0.39 is 10.0 Å². The van der Waals surface area contributed by atoms with Gasteiger partial charge < -0.3 is 23.9 Å². The largest absolute Gasteiger partial charge is 0.496 e. The molecule has 9 nitrogen and oxygen atoms in total. The fourth-order valence-corrected chi connectivity index (χ4v) is 3.95. The molecule has 0 saturated heterocycles. The van der Waals surface area contributed by atoms with E-state index in [9.17, 15) is 13.2 Å². The molecule has 0 radical (unpaired) electrons. The summed E-state index contributed by atoms with van der Waals surface area (Å²) < 4.78 is 48.3. The van der Waals surface area contributed by atoms with Crippen molar-refractivity contribution in [2.45, 2.75) is 18.0 Å². The van der Waals surface area contributed by atoms with Gasteiger partial charge in [0.25, 0.3) is 5.91 Å². The van der Waals surface area contributed by atoms with Crippen molar-refractivity contribution in [3.63, 3.8) is 0 Å². The second-order valence-corrected chi connectivity index (χ2v) is 8.40. The van der Waals surface area contributed by atoms with Gasteiger partial charge >= 0.3 is 0 Å². The molecule has 0 aliphatic rings. The van der Waals surface area contributed by atoms with Gasteiger partial charge in [0.15, 0.2) is 11.5 Å². The van der Waals surface area contributed by atoms with E-state index >= 15 is 0 Å². The van der Waals surface area contributed by atoms with Crippen LogP contribution in [0.15, 0.2) is 64.1 Å². The molecule has 0 fully saturated rings. The summed E-state index contributed by atoms with van der Waals surface area (Å²) in [5, 5.41) is 2.79. The second kappa shape index (κ2) is 10.2. The Balaban J connectivity index is 1.66. The minimum atomic E-state index is -3.74. The molecule has 1 aromatic heterocycles. The van der Waals surface area contributed by atoms with E-state index in [2.05, 4.69) is 10.0 Å². The van der Waals surface area contributed by atoms with Crippen LogP contribution in [0, 0.1) is 0 Å². The van der Waals surface area contributed by atoms with Crippen LogP contribution in [0.2, 0.25) is 0 Å². The van der Waals surface area contributed by atoms with E-state index in [0.717, 1.165) is 0 Å². The third-order valence-electron chi connectivity index (χ3n) is 4.67. The summed E-state index contributed by atoms with van der Waals surface area (Å²) in [6.07, 6.45) is 1.47. The van der Waals surface area contributed by atoms with E-state index in [1.54, 1.807) is 24.3 Å². The van der Waals surface area contributed by atoms with Gasteiger partial charge in [-0.15, -0.1) is 0 Å². The monoisotopic (exact) mass is 460 g/mol. The first-order valence-corrected chi connectivity index (χ1v) is 11.1. The Morgan fingerprint density at radius 1 is 0.906 bits per heavy atom. The van der Waals surface area contributed by atoms with Crippen molar-refractivity contribution >= 4 is 15.9 Å². The first-order valence-electron chi connectivity index (χ1n) is 9.57. The smallest absolute Gasteiger partial charge is 0.251 e. The zero-order chi connectivity index (χ0) is 23.1. The van der Waals surface area contributed by atoms with Crippen molar-refractivity contribution in [2.75, 3.05) is 21.3 Å². The van der Waals surface area contributed by atoms with Gasteiger partial charge in [-0.1, -0.05) is 0 Å². The van der Waals surface area contributed by atoms with Crippen LogP contribution in [-0.2, 0) is 23.1 Å². The highest BCUT2D eigenvalue weighted by Gasteiger charge is 2.16. The number of carbonyl (C=O) groups excluding carboxylic acids is 1. The van der Waals surface area contributed by atoms with Crippen LogP contribution in [0.25, 0.3) is 0 Å². The molecule has 10 heteroatoms. The van der Waals surface area contributed by atoms with Gasteiger partial charge in [0, 0.05) is 23.7 Å². The Morgan fingerprint density at radius 3 is 2.16 bits per heavy atom. The Bertz CT molecular complexity index is 1160. The predicted molar refractivity (Wildman–Crippen MR) is 116 cm³/mol. The number of hydrogen-bond donors (Lipinski definition) is 2. The Kier molecular flexibility index (Phi) is 7.39. The first kappa shape index (κ1) is 23.2. The lowest BCUT2D eigenvalue weighted by Gasteiger charge is -2.14. The van der Waals surface area contributed by atoms with Gasteiger partial charge in [0.1, 0.15) is 11.5 Å². The number of nitrogens with one attached hydrogen (secondary N) is 2. The zero-order valence-electron chi connectivity index (χ0n) is 17.9. The van der Waals surface area contributed by atoms with Crippen molar-refractivity contribution in [1.29, 1.82) is 0 Å². The molecular weight excluding hydrogens is 436 g/mol. The minimum absolute atomic E-state index is 0.0325. The van der Waals surface area contributed by atoms with Crippen LogP contribution < -0.4 is 24.2 Å². The third-order valence-corrected chi connectivity index (χ3v) is 6.09. The number of hydrogen-bond acceptors (Lipinski definition) is 7. The highest BCUT2D eigenvalue weighted by atomic mass is 32.2. The van der Waals surface area contributed by atoms with Gasteiger partial charge in [-0.05, 0) is 42.5 Å². The fourth-order valence-electron chi connectivity index (χ4n) is 2.96. The van der Waals surface area contributed by atoms with E-state index in [4.69, 9.17) is 18.6 Å². The molecule has 3 rings (SSSR count). The van der Waals surface area contributed by atoms with Crippen molar-refractivity contribution < 1.29 is 31.8 Å². The van der Waals surface area contributed by atoms with E-state index in [0.29, 0.717) is 34.1 Å². The molecule has 32 heavy (non-hydrogen) atoms. The van der Waals surface area contributed by atoms with Crippen LogP contribution in [0.3, 0.4) is 0 Å². The Labute approximate surface area is 186 Å². The topological polar surface area (TPSA) is 116 Å². The number of benzene rings is 2. The number of amides is 1. The average molecular weight is 461 g/mol. The summed E-state index contributed by atoms with van der Waals surface area (Å²) in [7, 11) is 0.821. The highest BCUT2D eigenvalue weighted by Crippen LogP contribution is 2.34. The lowest BCUT2D eigenvalue weighted by molar-refractivity contribution is 0.0950. The molecule has 0 saturated carbocycles. The van der Waals surface area contributed by atoms with Crippen molar-refractivity contribution in [2.24, 2.45) is 0 Å². The molecule has 0 atom stereocenters. The van der Waals surface area contributed by atoms with Crippen LogP contribution in [-0.4, -0.2) is 35.7 Å². The van der Waals surface area contributed by atoms with Crippen molar-refractivity contribution in [3.8, 4) is 17.2 Å². The molecule has 0 aliphatic carbocycles. The molecular formula is C22H24N2O7S. The lowest BCUT2D eigenvalue weighted by atomic mass is 10.1. The van der Waals surface area contributed by atoms with Crippen LogP contribution >= 0.6 is 0 Å². The van der Waals surface area contributed by atoms with Crippen molar-refractivity contribution in [1.82, 2.24) is 10.0 Å². The molecule has 0 spiro atoms. The van der Waals surface area contributed by atoms with E-state index in [-0.39, 0.29) is 23.9 Å².